The zero-order valence-corrected chi connectivity index (χ0v) is 17.8. The van der Waals surface area contributed by atoms with E-state index >= 15 is 0 Å². The highest BCUT2D eigenvalue weighted by molar-refractivity contribution is 7.92. The van der Waals surface area contributed by atoms with Crippen LogP contribution in [0.15, 0.2) is 18.2 Å². The maximum atomic E-state index is 12.5. The SMILES string of the molecule is CC(C)NC(=O)NCCN(c1c(C(C)C)cccc1C(C)C)S(C)(=O)=O. The molecule has 0 spiro atoms. The smallest absolute Gasteiger partial charge is 0.315 e. The first-order valence-electron chi connectivity index (χ1n) is 9.10. The van der Waals surface area contributed by atoms with Crippen molar-refractivity contribution in [1.82, 2.24) is 10.6 Å². The van der Waals surface area contributed by atoms with Gasteiger partial charge in [-0.05, 0) is 36.8 Å². The van der Waals surface area contributed by atoms with Crippen LogP contribution in [-0.2, 0) is 10.0 Å². The second-order valence-electron chi connectivity index (χ2n) is 7.48. The molecule has 1 rings (SSSR count). The molecule has 0 atom stereocenters. The molecular weight excluding hydrogens is 350 g/mol. The van der Waals surface area contributed by atoms with Crippen molar-refractivity contribution in [3.8, 4) is 0 Å². The normalized spacial score (nSPS) is 11.9. The highest BCUT2D eigenvalue weighted by Gasteiger charge is 2.25. The molecule has 0 aromatic heterocycles. The van der Waals surface area contributed by atoms with E-state index in [1.54, 1.807) is 0 Å². The van der Waals surface area contributed by atoms with Gasteiger partial charge in [0.25, 0.3) is 0 Å². The number of nitrogens with one attached hydrogen (secondary N) is 2. The molecule has 0 aliphatic carbocycles. The number of anilines is 1. The number of para-hydroxylation sites is 1. The Morgan fingerprint density at radius 3 is 1.92 bits per heavy atom. The lowest BCUT2D eigenvalue weighted by molar-refractivity contribution is 0.239. The molecule has 26 heavy (non-hydrogen) atoms. The summed E-state index contributed by atoms with van der Waals surface area (Å²) in [5, 5.41) is 5.46. The zero-order chi connectivity index (χ0) is 20.1. The molecule has 2 amide bonds. The predicted molar refractivity (Wildman–Crippen MR) is 108 cm³/mol. The summed E-state index contributed by atoms with van der Waals surface area (Å²) in [5.41, 5.74) is 2.73. The maximum Gasteiger partial charge on any atom is 0.315 e. The average Bonchev–Trinajstić information content (AvgIpc) is 2.48. The van der Waals surface area contributed by atoms with Gasteiger partial charge in [0.2, 0.25) is 10.0 Å². The minimum Gasteiger partial charge on any atom is -0.336 e. The Balaban J connectivity index is 3.20. The van der Waals surface area contributed by atoms with Gasteiger partial charge in [-0.25, -0.2) is 13.2 Å². The molecule has 0 aliphatic rings. The van der Waals surface area contributed by atoms with Gasteiger partial charge in [-0.1, -0.05) is 45.9 Å². The highest BCUT2D eigenvalue weighted by Crippen LogP contribution is 2.36. The molecule has 0 bridgehead atoms. The van der Waals surface area contributed by atoms with Crippen molar-refractivity contribution in [2.45, 2.75) is 59.4 Å². The second-order valence-corrected chi connectivity index (χ2v) is 9.39. The van der Waals surface area contributed by atoms with Crippen LogP contribution in [0.5, 0.6) is 0 Å². The molecule has 1 aromatic carbocycles. The van der Waals surface area contributed by atoms with Crippen LogP contribution in [0.1, 0.15) is 64.5 Å². The van der Waals surface area contributed by atoms with Gasteiger partial charge in [-0.15, -0.1) is 0 Å². The number of benzene rings is 1. The molecule has 0 saturated carbocycles. The van der Waals surface area contributed by atoms with Gasteiger partial charge in [0, 0.05) is 12.6 Å². The first-order valence-corrected chi connectivity index (χ1v) is 10.9. The lowest BCUT2D eigenvalue weighted by atomic mass is 9.92. The number of hydrogen-bond donors (Lipinski definition) is 2. The van der Waals surface area contributed by atoms with E-state index in [0.717, 1.165) is 16.8 Å². The number of nitrogens with zero attached hydrogens (tertiary/aromatic N) is 1. The quantitative estimate of drug-likeness (QED) is 0.722. The zero-order valence-electron chi connectivity index (χ0n) is 17.0. The van der Waals surface area contributed by atoms with E-state index in [1.807, 2.05) is 32.0 Å². The molecule has 1 aromatic rings. The van der Waals surface area contributed by atoms with Crippen molar-refractivity contribution in [2.24, 2.45) is 0 Å². The maximum absolute atomic E-state index is 12.5. The van der Waals surface area contributed by atoms with E-state index in [4.69, 9.17) is 0 Å². The molecule has 6 nitrogen and oxygen atoms in total. The molecule has 0 aliphatic heterocycles. The van der Waals surface area contributed by atoms with Crippen LogP contribution < -0.4 is 14.9 Å². The van der Waals surface area contributed by atoms with Crippen LogP contribution in [0.25, 0.3) is 0 Å². The van der Waals surface area contributed by atoms with E-state index in [0.29, 0.717) is 0 Å². The molecule has 0 heterocycles. The average molecular weight is 384 g/mol. The Hall–Kier alpha value is -1.76. The van der Waals surface area contributed by atoms with Crippen LogP contribution in [-0.4, -0.2) is 39.8 Å². The molecule has 2 N–H and O–H groups in total. The van der Waals surface area contributed by atoms with Crippen LogP contribution in [0.2, 0.25) is 0 Å². The van der Waals surface area contributed by atoms with Crippen LogP contribution in [0, 0.1) is 0 Å². The summed E-state index contributed by atoms with van der Waals surface area (Å²) < 4.78 is 26.5. The van der Waals surface area contributed by atoms with Crippen LogP contribution in [0.3, 0.4) is 0 Å². The van der Waals surface area contributed by atoms with E-state index in [2.05, 4.69) is 38.3 Å². The lowest BCUT2D eigenvalue weighted by Crippen LogP contribution is -2.44. The number of rotatable bonds is 8. The number of hydrogen-bond acceptors (Lipinski definition) is 3. The molecule has 0 unspecified atom stereocenters. The van der Waals surface area contributed by atoms with Crippen molar-refractivity contribution in [2.75, 3.05) is 23.7 Å². The van der Waals surface area contributed by atoms with Gasteiger partial charge in [-0.2, -0.15) is 0 Å². The largest absolute Gasteiger partial charge is 0.336 e. The highest BCUT2D eigenvalue weighted by atomic mass is 32.2. The van der Waals surface area contributed by atoms with Gasteiger partial charge < -0.3 is 10.6 Å². The Morgan fingerprint density at radius 2 is 1.54 bits per heavy atom. The summed E-state index contributed by atoms with van der Waals surface area (Å²) in [5.74, 6) is 0.371. The van der Waals surface area contributed by atoms with Gasteiger partial charge in [-0.3, -0.25) is 4.31 Å². The Bertz CT molecular complexity index is 686. The molecular formula is C19H33N3O3S. The molecule has 0 fully saturated rings. The second kappa shape index (κ2) is 9.26. The molecule has 148 valence electrons. The first-order chi connectivity index (χ1) is 11.9. The number of amides is 2. The van der Waals surface area contributed by atoms with Crippen LogP contribution >= 0.6 is 0 Å². The first kappa shape index (κ1) is 22.3. The molecule has 0 radical (unpaired) electrons. The summed E-state index contributed by atoms with van der Waals surface area (Å²) in [6.45, 7) is 12.4. The third-order valence-corrected chi connectivity index (χ3v) is 5.18. The number of carbonyl (C=O) groups is 1. The third kappa shape index (κ3) is 6.20. The van der Waals surface area contributed by atoms with E-state index in [1.165, 1.54) is 10.6 Å². The minimum atomic E-state index is -3.49. The van der Waals surface area contributed by atoms with Crippen molar-refractivity contribution in [3.63, 3.8) is 0 Å². The van der Waals surface area contributed by atoms with Crippen molar-refractivity contribution < 1.29 is 13.2 Å². The molecule has 0 saturated heterocycles. The van der Waals surface area contributed by atoms with Gasteiger partial charge in [0.15, 0.2) is 0 Å². The van der Waals surface area contributed by atoms with Gasteiger partial charge in [0.1, 0.15) is 0 Å². The van der Waals surface area contributed by atoms with E-state index in [-0.39, 0.29) is 37.0 Å². The van der Waals surface area contributed by atoms with Crippen molar-refractivity contribution in [1.29, 1.82) is 0 Å². The summed E-state index contributed by atoms with van der Waals surface area (Å²) in [4.78, 5) is 11.8. The predicted octanol–water partition coefficient (Wildman–Crippen LogP) is 3.41. The standard InChI is InChI=1S/C19H33N3O3S/c1-13(2)16-9-8-10-17(14(3)4)18(16)22(26(7,24)25)12-11-20-19(23)21-15(5)6/h8-10,13-15H,11-12H2,1-7H3,(H2,20,21,23). The lowest BCUT2D eigenvalue weighted by Gasteiger charge is -2.30. The van der Waals surface area contributed by atoms with E-state index in [9.17, 15) is 13.2 Å². The fourth-order valence-electron chi connectivity index (χ4n) is 2.83. The fraction of sp³-hybridized carbons (Fsp3) is 0.632. The van der Waals surface area contributed by atoms with E-state index < -0.39 is 10.0 Å². The van der Waals surface area contributed by atoms with Crippen LogP contribution in [0.4, 0.5) is 10.5 Å². The Morgan fingerprint density at radius 1 is 1.04 bits per heavy atom. The van der Waals surface area contributed by atoms with Gasteiger partial charge >= 0.3 is 6.03 Å². The van der Waals surface area contributed by atoms with Crippen molar-refractivity contribution in [3.05, 3.63) is 29.3 Å². The summed E-state index contributed by atoms with van der Waals surface area (Å²) in [7, 11) is -3.49. The Labute approximate surface area is 158 Å². The minimum absolute atomic E-state index is 0.0234. The number of carbonyl (C=O) groups excluding carboxylic acids is 1. The monoisotopic (exact) mass is 383 g/mol. The summed E-state index contributed by atoms with van der Waals surface area (Å²) in [6.07, 6.45) is 1.21. The van der Waals surface area contributed by atoms with Crippen molar-refractivity contribution >= 4 is 21.7 Å². The summed E-state index contributed by atoms with van der Waals surface area (Å²) >= 11 is 0. The summed E-state index contributed by atoms with van der Waals surface area (Å²) in [6, 6.07) is 5.65. The number of urea groups is 1. The third-order valence-electron chi connectivity index (χ3n) is 4.01. The topological polar surface area (TPSA) is 78.5 Å². The number of sulfonamides is 1. The Kier molecular flexibility index (Phi) is 7.93. The fourth-order valence-corrected chi connectivity index (χ4v) is 3.79. The molecule has 7 heteroatoms. The van der Waals surface area contributed by atoms with Gasteiger partial charge in [0.05, 0.1) is 18.5 Å².